The summed E-state index contributed by atoms with van der Waals surface area (Å²) in [7, 11) is 0. The van der Waals surface area contributed by atoms with E-state index in [0.29, 0.717) is 24.2 Å². The zero-order valence-electron chi connectivity index (χ0n) is 15.8. The fraction of sp³-hybridized carbons (Fsp3) is 0.261. The fourth-order valence-electron chi connectivity index (χ4n) is 2.64. The number of hydrogen-bond acceptors (Lipinski definition) is 5. The third-order valence-electron chi connectivity index (χ3n) is 4.11. The van der Waals surface area contributed by atoms with Gasteiger partial charge in [0.1, 0.15) is 0 Å². The summed E-state index contributed by atoms with van der Waals surface area (Å²) in [6.45, 7) is 3.97. The van der Waals surface area contributed by atoms with Gasteiger partial charge in [0.15, 0.2) is 5.78 Å². The highest BCUT2D eigenvalue weighted by molar-refractivity contribution is 6.14. The lowest BCUT2D eigenvalue weighted by molar-refractivity contribution is -0.137. The van der Waals surface area contributed by atoms with E-state index < -0.39 is 11.9 Å². The third-order valence-corrected chi connectivity index (χ3v) is 4.11. The van der Waals surface area contributed by atoms with Crippen LogP contribution in [0.25, 0.3) is 0 Å². The minimum absolute atomic E-state index is 0.206. The van der Waals surface area contributed by atoms with Crippen LogP contribution in [0.5, 0.6) is 0 Å². The first-order valence-electron chi connectivity index (χ1n) is 9.28. The lowest BCUT2D eigenvalue weighted by Gasteiger charge is -2.09. The molecule has 0 aliphatic rings. The number of ether oxygens (including phenoxy) is 2. The lowest BCUT2D eigenvalue weighted by Crippen LogP contribution is -2.13. The maximum atomic E-state index is 12.7. The Balaban J connectivity index is 1.79. The van der Waals surface area contributed by atoms with Crippen LogP contribution in [0.3, 0.4) is 0 Å². The average Bonchev–Trinajstić information content (AvgIpc) is 2.75. The molecule has 0 atom stereocenters. The fourth-order valence-corrected chi connectivity index (χ4v) is 2.64. The molecule has 0 saturated carbocycles. The van der Waals surface area contributed by atoms with Gasteiger partial charge in [-0.3, -0.25) is 4.79 Å². The predicted molar refractivity (Wildman–Crippen MR) is 106 cm³/mol. The smallest absolute Gasteiger partial charge is 0.338 e. The van der Waals surface area contributed by atoms with Crippen LogP contribution in [0, 0.1) is 0 Å². The molecule has 0 unspecified atom stereocenters. The van der Waals surface area contributed by atoms with E-state index in [1.165, 1.54) is 0 Å². The van der Waals surface area contributed by atoms with E-state index in [4.69, 9.17) is 9.47 Å². The number of unbranched alkanes of at least 4 members (excludes halogenated alkanes) is 3. The topological polar surface area (TPSA) is 69.7 Å². The minimum Gasteiger partial charge on any atom is -0.463 e. The molecule has 2 aromatic carbocycles. The SMILES string of the molecule is C=CC(=O)OCCCCCCOC(=O)c1ccccc1C(=O)c1ccccc1. The van der Waals surface area contributed by atoms with E-state index in [0.717, 1.165) is 25.3 Å². The number of carbonyl (C=O) groups is 3. The number of carbonyl (C=O) groups excluding carboxylic acids is 3. The van der Waals surface area contributed by atoms with Crippen LogP contribution in [0.2, 0.25) is 0 Å². The normalized spacial score (nSPS) is 10.1. The van der Waals surface area contributed by atoms with Gasteiger partial charge in [0.05, 0.1) is 18.8 Å². The van der Waals surface area contributed by atoms with Crippen molar-refractivity contribution in [2.75, 3.05) is 13.2 Å². The molecule has 146 valence electrons. The van der Waals surface area contributed by atoms with Gasteiger partial charge in [-0.05, 0) is 31.7 Å². The van der Waals surface area contributed by atoms with Crippen molar-refractivity contribution in [2.45, 2.75) is 25.7 Å². The summed E-state index contributed by atoms with van der Waals surface area (Å²) in [4.78, 5) is 36.0. The van der Waals surface area contributed by atoms with E-state index in [9.17, 15) is 14.4 Å². The van der Waals surface area contributed by atoms with Crippen LogP contribution < -0.4 is 0 Å². The molecular formula is C23H24O5. The van der Waals surface area contributed by atoms with Crippen molar-refractivity contribution in [1.82, 2.24) is 0 Å². The zero-order chi connectivity index (χ0) is 20.2. The Labute approximate surface area is 165 Å². The van der Waals surface area contributed by atoms with Crippen molar-refractivity contribution in [2.24, 2.45) is 0 Å². The highest BCUT2D eigenvalue weighted by Crippen LogP contribution is 2.16. The standard InChI is InChI=1S/C23H24O5/c1-2-21(24)27-16-10-3-4-11-17-28-23(26)20-15-9-8-14-19(20)22(25)18-12-6-5-7-13-18/h2,5-9,12-15H,1,3-4,10-11,16-17H2. The monoisotopic (exact) mass is 380 g/mol. The van der Waals surface area contributed by atoms with E-state index in [-0.39, 0.29) is 18.0 Å². The summed E-state index contributed by atoms with van der Waals surface area (Å²) in [5.74, 6) is -1.13. The van der Waals surface area contributed by atoms with Crippen molar-refractivity contribution in [3.8, 4) is 0 Å². The zero-order valence-corrected chi connectivity index (χ0v) is 15.8. The van der Waals surface area contributed by atoms with Gasteiger partial charge >= 0.3 is 11.9 Å². The molecule has 0 spiro atoms. The molecule has 0 aliphatic carbocycles. The summed E-state index contributed by atoms with van der Waals surface area (Å²) in [5.41, 5.74) is 1.13. The second-order valence-electron chi connectivity index (χ2n) is 6.16. The largest absolute Gasteiger partial charge is 0.463 e. The maximum Gasteiger partial charge on any atom is 0.338 e. The Morgan fingerprint density at radius 1 is 0.750 bits per heavy atom. The number of ketones is 1. The van der Waals surface area contributed by atoms with Crippen molar-refractivity contribution in [3.05, 3.63) is 83.9 Å². The molecule has 0 amide bonds. The first-order valence-corrected chi connectivity index (χ1v) is 9.28. The lowest BCUT2D eigenvalue weighted by atomic mass is 9.98. The first kappa shape index (κ1) is 21.1. The predicted octanol–water partition coefficient (Wildman–Crippen LogP) is 4.36. The molecule has 0 N–H and O–H groups in total. The van der Waals surface area contributed by atoms with Gasteiger partial charge in [-0.2, -0.15) is 0 Å². The number of esters is 2. The van der Waals surface area contributed by atoms with Gasteiger partial charge in [0, 0.05) is 17.2 Å². The van der Waals surface area contributed by atoms with Gasteiger partial charge in [-0.15, -0.1) is 0 Å². The van der Waals surface area contributed by atoms with Crippen LogP contribution in [0.15, 0.2) is 67.3 Å². The number of rotatable bonds is 11. The first-order chi connectivity index (χ1) is 13.6. The van der Waals surface area contributed by atoms with Gasteiger partial charge in [-0.25, -0.2) is 9.59 Å². The third kappa shape index (κ3) is 6.50. The minimum atomic E-state index is -0.500. The molecule has 5 nitrogen and oxygen atoms in total. The Bertz CT molecular complexity index is 811. The molecule has 0 heterocycles. The summed E-state index contributed by atoms with van der Waals surface area (Å²) in [6, 6.07) is 15.5. The summed E-state index contributed by atoms with van der Waals surface area (Å²) >= 11 is 0. The molecular weight excluding hydrogens is 356 g/mol. The second kappa shape index (κ2) is 11.5. The molecule has 0 bridgehead atoms. The Hall–Kier alpha value is -3.21. The van der Waals surface area contributed by atoms with E-state index >= 15 is 0 Å². The quantitative estimate of drug-likeness (QED) is 0.251. The molecule has 0 fully saturated rings. The van der Waals surface area contributed by atoms with Gasteiger partial charge in [0.2, 0.25) is 0 Å². The molecule has 2 rings (SSSR count). The maximum absolute atomic E-state index is 12.7. The van der Waals surface area contributed by atoms with Gasteiger partial charge in [0.25, 0.3) is 0 Å². The van der Waals surface area contributed by atoms with Crippen molar-refractivity contribution < 1.29 is 23.9 Å². The molecule has 0 radical (unpaired) electrons. The number of hydrogen-bond donors (Lipinski definition) is 0. The molecule has 2 aromatic rings. The van der Waals surface area contributed by atoms with Gasteiger partial charge < -0.3 is 9.47 Å². The highest BCUT2D eigenvalue weighted by Gasteiger charge is 2.18. The van der Waals surface area contributed by atoms with Crippen LogP contribution in [-0.4, -0.2) is 30.9 Å². The van der Waals surface area contributed by atoms with E-state index in [1.54, 1.807) is 48.5 Å². The Kier molecular flexibility index (Phi) is 8.66. The Morgan fingerprint density at radius 3 is 1.96 bits per heavy atom. The molecule has 0 saturated heterocycles. The molecule has 0 aromatic heterocycles. The molecule has 28 heavy (non-hydrogen) atoms. The summed E-state index contributed by atoms with van der Waals surface area (Å²) in [6.07, 6.45) is 4.31. The van der Waals surface area contributed by atoms with Crippen LogP contribution in [0.1, 0.15) is 52.0 Å². The van der Waals surface area contributed by atoms with E-state index in [2.05, 4.69) is 6.58 Å². The highest BCUT2D eigenvalue weighted by atomic mass is 16.5. The summed E-state index contributed by atoms with van der Waals surface area (Å²) in [5, 5.41) is 0. The van der Waals surface area contributed by atoms with E-state index in [1.807, 2.05) is 6.07 Å². The molecule has 0 aliphatic heterocycles. The second-order valence-corrected chi connectivity index (χ2v) is 6.16. The molecule has 5 heteroatoms. The summed E-state index contributed by atoms with van der Waals surface area (Å²) < 4.78 is 10.2. The van der Waals surface area contributed by atoms with Gasteiger partial charge in [-0.1, -0.05) is 55.1 Å². The van der Waals surface area contributed by atoms with Crippen molar-refractivity contribution in [3.63, 3.8) is 0 Å². The van der Waals surface area contributed by atoms with Crippen LogP contribution in [0.4, 0.5) is 0 Å². The van der Waals surface area contributed by atoms with Crippen molar-refractivity contribution in [1.29, 1.82) is 0 Å². The number of benzene rings is 2. The van der Waals surface area contributed by atoms with Crippen molar-refractivity contribution >= 4 is 17.7 Å². The average molecular weight is 380 g/mol. The van der Waals surface area contributed by atoms with Crippen LogP contribution >= 0.6 is 0 Å². The van der Waals surface area contributed by atoms with Crippen LogP contribution in [-0.2, 0) is 14.3 Å². The Morgan fingerprint density at radius 2 is 1.32 bits per heavy atom.